The fourth-order valence-corrected chi connectivity index (χ4v) is 2.45. The van der Waals surface area contributed by atoms with Crippen LogP contribution in [0.5, 0.6) is 11.5 Å². The molecule has 1 aromatic heterocycles. The Balaban J connectivity index is 2.15. The molecule has 0 aliphatic carbocycles. The zero-order valence-corrected chi connectivity index (χ0v) is 11.9. The van der Waals surface area contributed by atoms with E-state index in [1.165, 1.54) is 31.6 Å². The maximum Gasteiger partial charge on any atom is 0.163 e. The molecule has 2 rings (SSSR count). The molecule has 1 heterocycles. The monoisotopic (exact) mass is 292 g/mol. The number of hydrogen-bond donors (Lipinski definition) is 1. The van der Waals surface area contributed by atoms with Gasteiger partial charge >= 0.3 is 0 Å². The topological polar surface area (TPSA) is 54.3 Å². The summed E-state index contributed by atoms with van der Waals surface area (Å²) in [4.78, 5) is 0.954. The van der Waals surface area contributed by atoms with E-state index >= 15 is 0 Å². The number of nitrogens with one attached hydrogen (secondary N) is 1. The Kier molecular flexibility index (Phi) is 4.43. The summed E-state index contributed by atoms with van der Waals surface area (Å²) in [6.07, 6.45) is 0. The van der Waals surface area contributed by atoms with E-state index in [-0.39, 0.29) is 0 Å². The van der Waals surface area contributed by atoms with E-state index in [4.69, 9.17) is 14.7 Å². The van der Waals surface area contributed by atoms with E-state index in [2.05, 4.69) is 11.4 Å². The molecule has 0 aliphatic rings. The molecule has 2 aromatic rings. The summed E-state index contributed by atoms with van der Waals surface area (Å²) in [5.41, 5.74) is 0.939. The van der Waals surface area contributed by atoms with E-state index in [9.17, 15) is 4.39 Å². The van der Waals surface area contributed by atoms with E-state index in [1.54, 1.807) is 17.5 Å². The smallest absolute Gasteiger partial charge is 0.163 e. The van der Waals surface area contributed by atoms with Gasteiger partial charge in [0.1, 0.15) is 11.9 Å². The maximum atomic E-state index is 13.9. The molecule has 0 bridgehead atoms. The quantitative estimate of drug-likeness (QED) is 0.917. The van der Waals surface area contributed by atoms with Crippen molar-refractivity contribution in [1.82, 2.24) is 0 Å². The molecule has 0 saturated heterocycles. The standard InChI is InChI=1S/C14H13FN2O2S/c1-18-13-4-11(15)12(5-14(13)19-2)17-7-10-3-9(6-16)8-20-10/h3-5,8,17H,7H2,1-2H3. The number of hydrogen-bond acceptors (Lipinski definition) is 5. The van der Waals surface area contributed by atoms with Crippen molar-refractivity contribution in [1.29, 1.82) is 5.26 Å². The molecule has 0 radical (unpaired) electrons. The predicted octanol–water partition coefficient (Wildman–Crippen LogP) is 3.39. The van der Waals surface area contributed by atoms with Crippen LogP contribution in [0.2, 0.25) is 0 Å². The average molecular weight is 292 g/mol. The third kappa shape index (κ3) is 3.00. The first-order valence-corrected chi connectivity index (χ1v) is 6.68. The van der Waals surface area contributed by atoms with Gasteiger partial charge in [0.2, 0.25) is 0 Å². The minimum absolute atomic E-state index is 0.328. The first-order valence-electron chi connectivity index (χ1n) is 5.80. The largest absolute Gasteiger partial charge is 0.493 e. The number of nitriles is 1. The second-order valence-electron chi connectivity index (χ2n) is 3.95. The third-order valence-electron chi connectivity index (χ3n) is 2.71. The summed E-state index contributed by atoms with van der Waals surface area (Å²) in [6, 6.07) is 6.66. The number of ether oxygens (including phenoxy) is 2. The van der Waals surface area contributed by atoms with Crippen molar-refractivity contribution in [3.05, 3.63) is 39.8 Å². The first-order chi connectivity index (χ1) is 9.67. The highest BCUT2D eigenvalue weighted by molar-refractivity contribution is 7.10. The first kappa shape index (κ1) is 14.2. The minimum atomic E-state index is -0.417. The lowest BCUT2D eigenvalue weighted by Gasteiger charge is -2.12. The highest BCUT2D eigenvalue weighted by Crippen LogP contribution is 2.32. The number of benzene rings is 1. The highest BCUT2D eigenvalue weighted by Gasteiger charge is 2.11. The predicted molar refractivity (Wildman–Crippen MR) is 75.9 cm³/mol. The lowest BCUT2D eigenvalue weighted by atomic mass is 10.2. The molecule has 0 spiro atoms. The molecular formula is C14H13FN2O2S. The molecule has 1 aromatic carbocycles. The van der Waals surface area contributed by atoms with Gasteiger partial charge in [0.15, 0.2) is 11.5 Å². The van der Waals surface area contributed by atoms with Crippen LogP contribution >= 0.6 is 11.3 Å². The number of methoxy groups -OCH3 is 2. The van der Waals surface area contributed by atoms with Gasteiger partial charge in [0.25, 0.3) is 0 Å². The van der Waals surface area contributed by atoms with Gasteiger partial charge in [-0.05, 0) is 6.07 Å². The van der Waals surface area contributed by atoms with Gasteiger partial charge < -0.3 is 14.8 Å². The molecule has 0 fully saturated rings. The average Bonchev–Trinajstić information content (AvgIpc) is 2.93. The van der Waals surface area contributed by atoms with Gasteiger partial charge in [0, 0.05) is 28.9 Å². The lowest BCUT2D eigenvalue weighted by molar-refractivity contribution is 0.352. The molecule has 0 unspecified atom stereocenters. The van der Waals surface area contributed by atoms with Gasteiger partial charge in [0.05, 0.1) is 25.5 Å². The fourth-order valence-electron chi connectivity index (χ4n) is 1.70. The van der Waals surface area contributed by atoms with Crippen molar-refractivity contribution < 1.29 is 13.9 Å². The van der Waals surface area contributed by atoms with Crippen LogP contribution in [0, 0.1) is 17.1 Å². The Morgan fingerprint density at radius 1 is 1.25 bits per heavy atom. The van der Waals surface area contributed by atoms with Crippen LogP contribution < -0.4 is 14.8 Å². The minimum Gasteiger partial charge on any atom is -0.493 e. The molecule has 1 N–H and O–H groups in total. The van der Waals surface area contributed by atoms with Crippen LogP contribution in [-0.4, -0.2) is 14.2 Å². The van der Waals surface area contributed by atoms with Crippen molar-refractivity contribution >= 4 is 17.0 Å². The van der Waals surface area contributed by atoms with Gasteiger partial charge in [-0.1, -0.05) is 0 Å². The molecule has 6 heteroatoms. The Morgan fingerprint density at radius 3 is 2.55 bits per heavy atom. The highest BCUT2D eigenvalue weighted by atomic mass is 32.1. The number of anilines is 1. The van der Waals surface area contributed by atoms with Gasteiger partial charge in [-0.3, -0.25) is 0 Å². The van der Waals surface area contributed by atoms with E-state index in [0.29, 0.717) is 29.3 Å². The van der Waals surface area contributed by atoms with Gasteiger partial charge in [-0.25, -0.2) is 4.39 Å². The number of thiophene rings is 1. The SMILES string of the molecule is COc1cc(F)c(NCc2cc(C#N)cs2)cc1OC. The van der Waals surface area contributed by atoms with Crippen LogP contribution in [0.15, 0.2) is 23.6 Å². The summed E-state index contributed by atoms with van der Waals surface area (Å²) in [5.74, 6) is 0.387. The Bertz CT molecular complexity index is 649. The number of nitrogens with zero attached hydrogens (tertiary/aromatic N) is 1. The Labute approximate surface area is 120 Å². The second kappa shape index (κ2) is 6.26. The van der Waals surface area contributed by atoms with E-state index in [1.807, 2.05) is 0 Å². The Morgan fingerprint density at radius 2 is 1.95 bits per heavy atom. The zero-order chi connectivity index (χ0) is 14.5. The number of halogens is 1. The molecule has 0 aliphatic heterocycles. The van der Waals surface area contributed by atoms with Crippen molar-refractivity contribution in [2.24, 2.45) is 0 Å². The zero-order valence-electron chi connectivity index (χ0n) is 11.1. The van der Waals surface area contributed by atoms with Gasteiger partial charge in [-0.2, -0.15) is 5.26 Å². The summed E-state index contributed by atoms with van der Waals surface area (Å²) in [6.45, 7) is 0.443. The second-order valence-corrected chi connectivity index (χ2v) is 4.95. The summed E-state index contributed by atoms with van der Waals surface area (Å²) < 4.78 is 24.0. The van der Waals surface area contributed by atoms with Crippen LogP contribution in [0.25, 0.3) is 0 Å². The molecule has 20 heavy (non-hydrogen) atoms. The van der Waals surface area contributed by atoms with Crippen LogP contribution in [0.4, 0.5) is 10.1 Å². The van der Waals surface area contributed by atoms with Crippen LogP contribution in [0.1, 0.15) is 10.4 Å². The third-order valence-corrected chi connectivity index (χ3v) is 3.65. The summed E-state index contributed by atoms with van der Waals surface area (Å²) >= 11 is 1.45. The van der Waals surface area contributed by atoms with Crippen LogP contribution in [0.3, 0.4) is 0 Å². The fraction of sp³-hybridized carbons (Fsp3) is 0.214. The van der Waals surface area contributed by atoms with E-state index < -0.39 is 5.82 Å². The van der Waals surface area contributed by atoms with Crippen LogP contribution in [-0.2, 0) is 6.54 Å². The molecule has 0 amide bonds. The van der Waals surface area contributed by atoms with E-state index in [0.717, 1.165) is 4.88 Å². The van der Waals surface area contributed by atoms with Crippen molar-refractivity contribution in [3.8, 4) is 17.6 Å². The van der Waals surface area contributed by atoms with Crippen molar-refractivity contribution in [2.45, 2.75) is 6.54 Å². The molecule has 4 nitrogen and oxygen atoms in total. The molecular weight excluding hydrogens is 279 g/mol. The Hall–Kier alpha value is -2.26. The molecule has 0 atom stereocenters. The lowest BCUT2D eigenvalue weighted by Crippen LogP contribution is -2.01. The normalized spacial score (nSPS) is 9.90. The summed E-state index contributed by atoms with van der Waals surface area (Å²) in [7, 11) is 2.96. The van der Waals surface area contributed by atoms with Gasteiger partial charge in [-0.15, -0.1) is 11.3 Å². The van der Waals surface area contributed by atoms with Crippen molar-refractivity contribution in [3.63, 3.8) is 0 Å². The maximum absolute atomic E-state index is 13.9. The summed E-state index contributed by atoms with van der Waals surface area (Å²) in [5, 5.41) is 13.5. The molecule has 104 valence electrons. The molecule has 0 saturated carbocycles. The van der Waals surface area contributed by atoms with Crippen molar-refractivity contribution in [2.75, 3.05) is 19.5 Å². The number of rotatable bonds is 5.